The van der Waals surface area contributed by atoms with Crippen LogP contribution in [0.25, 0.3) is 0 Å². The number of halogens is 1. The first-order valence-electron chi connectivity index (χ1n) is 11.0. The average molecular weight is 506 g/mol. The Morgan fingerprint density at radius 3 is 2.66 bits per heavy atom. The summed E-state index contributed by atoms with van der Waals surface area (Å²) in [5.41, 5.74) is 1.03. The third kappa shape index (κ3) is 9.57. The molecule has 0 aliphatic heterocycles. The average Bonchev–Trinajstić information content (AvgIpc) is 2.80. The SMILES string of the molecule is CCOC(=O)CC(NC(=O)CNC(=O)CCCNc1cc(C)ccn1)c1ccc(Cl)c([N+](=O)[O-])c1. The van der Waals surface area contributed by atoms with Crippen molar-refractivity contribution in [1.82, 2.24) is 15.6 Å². The largest absolute Gasteiger partial charge is 0.466 e. The van der Waals surface area contributed by atoms with Gasteiger partial charge in [0, 0.05) is 25.2 Å². The molecule has 188 valence electrons. The molecule has 11 nitrogen and oxygen atoms in total. The summed E-state index contributed by atoms with van der Waals surface area (Å²) in [6.07, 6.45) is 2.18. The molecule has 35 heavy (non-hydrogen) atoms. The molecule has 0 aliphatic rings. The molecule has 1 atom stereocenters. The predicted molar refractivity (Wildman–Crippen MR) is 130 cm³/mol. The second kappa shape index (κ2) is 13.9. The van der Waals surface area contributed by atoms with Crippen molar-refractivity contribution in [1.29, 1.82) is 0 Å². The van der Waals surface area contributed by atoms with Gasteiger partial charge in [-0.25, -0.2) is 4.98 Å². The normalized spacial score (nSPS) is 11.3. The Kier molecular flexibility index (Phi) is 10.9. The summed E-state index contributed by atoms with van der Waals surface area (Å²) in [7, 11) is 0. The number of aromatic nitrogens is 1. The second-order valence-electron chi connectivity index (χ2n) is 7.62. The number of anilines is 1. The van der Waals surface area contributed by atoms with Gasteiger partial charge in [-0.1, -0.05) is 17.7 Å². The lowest BCUT2D eigenvalue weighted by atomic mass is 10.0. The minimum absolute atomic E-state index is 0.0695. The maximum Gasteiger partial charge on any atom is 0.308 e. The predicted octanol–water partition coefficient (Wildman–Crippen LogP) is 3.07. The van der Waals surface area contributed by atoms with E-state index in [4.69, 9.17) is 16.3 Å². The Hall–Kier alpha value is -3.73. The van der Waals surface area contributed by atoms with Crippen LogP contribution in [0.3, 0.4) is 0 Å². The molecule has 0 fully saturated rings. The van der Waals surface area contributed by atoms with E-state index in [0.717, 1.165) is 11.4 Å². The maximum absolute atomic E-state index is 12.4. The van der Waals surface area contributed by atoms with E-state index in [1.807, 2.05) is 19.1 Å². The molecule has 12 heteroatoms. The van der Waals surface area contributed by atoms with Crippen LogP contribution in [0.1, 0.15) is 43.4 Å². The van der Waals surface area contributed by atoms with Gasteiger partial charge in [0.1, 0.15) is 10.8 Å². The second-order valence-corrected chi connectivity index (χ2v) is 8.03. The van der Waals surface area contributed by atoms with Crippen molar-refractivity contribution >= 4 is 40.9 Å². The van der Waals surface area contributed by atoms with Crippen LogP contribution in [0.2, 0.25) is 5.02 Å². The highest BCUT2D eigenvalue weighted by molar-refractivity contribution is 6.32. The van der Waals surface area contributed by atoms with Gasteiger partial charge in [-0.15, -0.1) is 0 Å². The van der Waals surface area contributed by atoms with Gasteiger partial charge in [0.2, 0.25) is 11.8 Å². The number of rotatable bonds is 13. The first-order chi connectivity index (χ1) is 16.7. The molecular weight excluding hydrogens is 478 g/mol. The topological polar surface area (TPSA) is 153 Å². The number of pyridine rings is 1. The monoisotopic (exact) mass is 505 g/mol. The van der Waals surface area contributed by atoms with Crippen LogP contribution in [0.15, 0.2) is 36.5 Å². The Balaban J connectivity index is 1.88. The van der Waals surface area contributed by atoms with E-state index < -0.39 is 22.8 Å². The number of hydrogen-bond donors (Lipinski definition) is 3. The Morgan fingerprint density at radius 2 is 1.97 bits per heavy atom. The summed E-state index contributed by atoms with van der Waals surface area (Å²) in [4.78, 5) is 51.3. The highest BCUT2D eigenvalue weighted by Crippen LogP contribution is 2.29. The van der Waals surface area contributed by atoms with Crippen molar-refractivity contribution in [2.45, 2.75) is 39.2 Å². The summed E-state index contributed by atoms with van der Waals surface area (Å²) >= 11 is 5.86. The van der Waals surface area contributed by atoms with Gasteiger partial charge in [0.05, 0.1) is 30.5 Å². The van der Waals surface area contributed by atoms with Gasteiger partial charge < -0.3 is 20.7 Å². The molecule has 0 bridgehead atoms. The molecule has 2 aromatic rings. The van der Waals surface area contributed by atoms with E-state index in [9.17, 15) is 24.5 Å². The van der Waals surface area contributed by atoms with Crippen molar-refractivity contribution in [2.75, 3.05) is 25.0 Å². The number of carbonyl (C=O) groups excluding carboxylic acids is 3. The van der Waals surface area contributed by atoms with Gasteiger partial charge in [-0.05, 0) is 49.6 Å². The highest BCUT2D eigenvalue weighted by Gasteiger charge is 2.23. The van der Waals surface area contributed by atoms with Gasteiger partial charge in [0.25, 0.3) is 5.69 Å². The first kappa shape index (κ1) is 27.5. The van der Waals surface area contributed by atoms with Crippen LogP contribution in [0.5, 0.6) is 0 Å². The third-order valence-electron chi connectivity index (χ3n) is 4.83. The number of carbonyl (C=O) groups is 3. The molecule has 0 aliphatic carbocycles. The van der Waals surface area contributed by atoms with Gasteiger partial charge >= 0.3 is 5.97 Å². The zero-order chi connectivity index (χ0) is 25.8. The van der Waals surface area contributed by atoms with E-state index >= 15 is 0 Å². The van der Waals surface area contributed by atoms with E-state index in [1.165, 1.54) is 18.2 Å². The first-order valence-corrected chi connectivity index (χ1v) is 11.4. The number of nitrogens with zero attached hydrogens (tertiary/aromatic N) is 2. The van der Waals surface area contributed by atoms with Crippen molar-refractivity contribution in [3.63, 3.8) is 0 Å². The molecule has 3 N–H and O–H groups in total. The summed E-state index contributed by atoms with van der Waals surface area (Å²) in [6, 6.07) is 6.87. The number of ether oxygens (including phenoxy) is 1. The molecule has 2 amide bonds. The Morgan fingerprint density at radius 1 is 1.20 bits per heavy atom. The number of nitro benzene ring substituents is 1. The number of nitro groups is 1. The maximum atomic E-state index is 12.4. The van der Waals surface area contributed by atoms with Crippen molar-refractivity contribution in [3.8, 4) is 0 Å². The van der Waals surface area contributed by atoms with E-state index in [0.29, 0.717) is 18.5 Å². The van der Waals surface area contributed by atoms with Crippen molar-refractivity contribution < 1.29 is 24.0 Å². The van der Waals surface area contributed by atoms with Crippen LogP contribution in [0.4, 0.5) is 11.5 Å². The molecular formula is C23H28ClN5O6. The summed E-state index contributed by atoms with van der Waals surface area (Å²) < 4.78 is 4.94. The van der Waals surface area contributed by atoms with E-state index in [1.54, 1.807) is 13.1 Å². The molecule has 1 unspecified atom stereocenters. The summed E-state index contributed by atoms with van der Waals surface area (Å²) in [5, 5.41) is 19.4. The number of benzene rings is 1. The lowest BCUT2D eigenvalue weighted by Crippen LogP contribution is -2.39. The minimum atomic E-state index is -0.902. The van der Waals surface area contributed by atoms with E-state index in [2.05, 4.69) is 20.9 Å². The van der Waals surface area contributed by atoms with Crippen LogP contribution in [0, 0.1) is 17.0 Å². The molecule has 0 saturated carbocycles. The van der Waals surface area contributed by atoms with Gasteiger partial charge in [-0.2, -0.15) is 0 Å². The fourth-order valence-electron chi connectivity index (χ4n) is 3.14. The number of amides is 2. The minimum Gasteiger partial charge on any atom is -0.466 e. The Labute approximate surface area is 207 Å². The molecule has 1 heterocycles. The highest BCUT2D eigenvalue weighted by atomic mass is 35.5. The van der Waals surface area contributed by atoms with Crippen molar-refractivity contribution in [3.05, 3.63) is 62.8 Å². The fraction of sp³-hybridized carbons (Fsp3) is 0.391. The molecule has 0 radical (unpaired) electrons. The molecule has 0 saturated heterocycles. The standard InChI is InChI=1S/C23H28ClN5O6/c1-3-35-23(32)13-18(16-6-7-17(24)19(12-16)29(33)34)28-22(31)14-27-21(30)5-4-9-25-20-11-15(2)8-10-26-20/h6-8,10-12,18H,3-5,9,13-14H2,1-2H3,(H,25,26)(H,27,30)(H,28,31). The lowest BCUT2D eigenvalue weighted by molar-refractivity contribution is -0.384. The van der Waals surface area contributed by atoms with Crippen molar-refractivity contribution in [2.24, 2.45) is 0 Å². The number of hydrogen-bond acceptors (Lipinski definition) is 8. The quantitative estimate of drug-likeness (QED) is 0.162. The number of esters is 1. The number of aryl methyl sites for hydroxylation is 1. The molecule has 1 aromatic carbocycles. The summed E-state index contributed by atoms with van der Waals surface area (Å²) in [6.45, 7) is 3.96. The summed E-state index contributed by atoms with van der Waals surface area (Å²) in [5.74, 6) is -0.745. The Bertz CT molecular complexity index is 1060. The fourth-order valence-corrected chi connectivity index (χ4v) is 3.32. The van der Waals surface area contributed by atoms with E-state index in [-0.39, 0.29) is 42.6 Å². The zero-order valence-corrected chi connectivity index (χ0v) is 20.3. The molecule has 2 rings (SSSR count). The van der Waals surface area contributed by atoms with Gasteiger partial charge in [-0.3, -0.25) is 24.5 Å². The van der Waals surface area contributed by atoms with Crippen LogP contribution in [-0.4, -0.2) is 47.4 Å². The van der Waals surface area contributed by atoms with Gasteiger partial charge in [0.15, 0.2) is 0 Å². The van der Waals surface area contributed by atoms with Crippen LogP contribution < -0.4 is 16.0 Å². The molecule has 1 aromatic heterocycles. The lowest BCUT2D eigenvalue weighted by Gasteiger charge is -2.19. The van der Waals surface area contributed by atoms with Crippen LogP contribution in [-0.2, 0) is 19.1 Å². The van der Waals surface area contributed by atoms with Crippen LogP contribution >= 0.6 is 11.6 Å². The smallest absolute Gasteiger partial charge is 0.308 e. The zero-order valence-electron chi connectivity index (χ0n) is 19.5. The third-order valence-corrected chi connectivity index (χ3v) is 5.15. The molecule has 0 spiro atoms. The number of nitrogens with one attached hydrogen (secondary N) is 3.